The van der Waals surface area contributed by atoms with Crippen LogP contribution in [0.25, 0.3) is 0 Å². The minimum Gasteiger partial charge on any atom is 0 e. The van der Waals surface area contributed by atoms with Gasteiger partial charge in [0.05, 0.1) is 0 Å². The smallest absolute Gasteiger partial charge is 0 e. The zero-order chi connectivity index (χ0) is 0. The molecule has 0 aromatic carbocycles. The van der Waals surface area contributed by atoms with Crippen LogP contribution in [-0.4, -0.2) is 0 Å². The van der Waals surface area contributed by atoms with Crippen LogP contribution in [0.1, 0.15) is 0 Å². The second-order valence-electron chi connectivity index (χ2n) is 0. The van der Waals surface area contributed by atoms with Gasteiger partial charge in [-0.15, -0.1) is 0 Å². The third kappa shape index (κ3) is 25.2. The minimum absolute atomic E-state index is 0. The average Bonchev–Trinajstić information content (AvgIpc) is 0. The van der Waals surface area contributed by atoms with Gasteiger partial charge in [-0.1, -0.05) is 0 Å². The first-order chi connectivity index (χ1) is 0. The Hall–Kier alpha value is 3.70. The molecule has 0 aromatic rings. The van der Waals surface area contributed by atoms with Gasteiger partial charge in [-0.3, -0.25) is 0 Å². The maximum absolute atomic E-state index is 0. The van der Waals surface area contributed by atoms with Gasteiger partial charge in [-0.25, -0.2) is 0 Å². The topological polar surface area (TPSA) is 0 Å². The van der Waals surface area contributed by atoms with Crippen molar-refractivity contribution in [2.75, 3.05) is 0 Å². The molecule has 0 saturated carbocycles. The van der Waals surface area contributed by atoms with E-state index in [-0.39, 0.29) is 119 Å². The summed E-state index contributed by atoms with van der Waals surface area (Å²) in [5.41, 5.74) is 0. The van der Waals surface area contributed by atoms with Crippen LogP contribution in [0.2, 0.25) is 0 Å². The molecule has 0 nitrogen and oxygen atoms in total. The van der Waals surface area contributed by atoms with Crippen molar-refractivity contribution in [3.8, 4) is 0 Å². The fraction of sp³-hybridized carbons (Fsp3) is 0. The molecule has 65 valence electrons. The first kappa shape index (κ1) is 53.6. The van der Waals surface area contributed by atoms with Crippen LogP contribution < -0.4 is 0 Å². The Kier molecular flexibility index (Phi) is 337. The van der Waals surface area contributed by atoms with Crippen LogP contribution in [-0.2, 0) is 82.5 Å². The van der Waals surface area contributed by atoms with Gasteiger partial charge in [0.2, 0.25) is 0 Å². The molecule has 6 heavy (non-hydrogen) atoms. The molecule has 0 fully saturated rings. The fourth-order valence-corrected chi connectivity index (χ4v) is 0. The summed E-state index contributed by atoms with van der Waals surface area (Å²) < 4.78 is 0. The van der Waals surface area contributed by atoms with Gasteiger partial charge in [0.25, 0.3) is 0 Å². The summed E-state index contributed by atoms with van der Waals surface area (Å²) in [6.45, 7) is 0. The van der Waals surface area contributed by atoms with Crippen LogP contribution >= 0.6 is 0 Å². The van der Waals surface area contributed by atoms with E-state index in [1.165, 1.54) is 0 Å². The molecule has 6 heteroatoms. The molecule has 0 spiro atoms. The Morgan fingerprint density at radius 2 is 0.333 bits per heavy atom. The molecule has 0 bridgehead atoms. The molecule has 0 amide bonds. The van der Waals surface area contributed by atoms with Gasteiger partial charge in [0.15, 0.2) is 0 Å². The molecular weight excluding hydrogens is 468 g/mol. The van der Waals surface area contributed by atoms with E-state index >= 15 is 0 Å². The van der Waals surface area contributed by atoms with Gasteiger partial charge < -0.3 is 0 Å². The third-order valence-electron chi connectivity index (χ3n) is 0. The molecule has 0 rings (SSSR count). The predicted octanol–water partition coefficient (Wildman–Crippen LogP) is -0.0125. The molecule has 1 radical (unpaired) electrons. The maximum Gasteiger partial charge on any atom is 0 e. The van der Waals surface area contributed by atoms with Crippen molar-refractivity contribution in [1.29, 1.82) is 0 Å². The molecule has 0 atom stereocenters. The summed E-state index contributed by atoms with van der Waals surface area (Å²) in [4.78, 5) is 0. The van der Waals surface area contributed by atoms with E-state index in [0.29, 0.717) is 0 Å². The molecule has 0 aliphatic rings. The second kappa shape index (κ2) is 37.7. The average molecular weight is 468 g/mol. The monoisotopic (exact) mass is 465 g/mol. The third-order valence-corrected chi connectivity index (χ3v) is 0. The van der Waals surface area contributed by atoms with Gasteiger partial charge in [0.1, 0.15) is 0 Å². The molecule has 0 aliphatic heterocycles. The van der Waals surface area contributed by atoms with Crippen LogP contribution in [0.5, 0.6) is 0 Å². The van der Waals surface area contributed by atoms with Crippen molar-refractivity contribution in [1.82, 2.24) is 0 Å². The van der Waals surface area contributed by atoms with E-state index in [0.717, 1.165) is 0 Å². The molecular formula is LuNi5. The van der Waals surface area contributed by atoms with E-state index in [4.69, 9.17) is 0 Å². The second-order valence-corrected chi connectivity index (χ2v) is 0. The summed E-state index contributed by atoms with van der Waals surface area (Å²) in [7, 11) is 0. The quantitative estimate of drug-likeness (QED) is 0.439. The number of rotatable bonds is 0. The van der Waals surface area contributed by atoms with Gasteiger partial charge in [-0.05, 0) is 0 Å². The molecule has 0 N–H and O–H groups in total. The summed E-state index contributed by atoms with van der Waals surface area (Å²) in [6, 6.07) is 0. The van der Waals surface area contributed by atoms with E-state index in [9.17, 15) is 0 Å². The molecule has 0 heterocycles. The van der Waals surface area contributed by atoms with Crippen molar-refractivity contribution in [3.63, 3.8) is 0 Å². The molecule has 0 saturated heterocycles. The van der Waals surface area contributed by atoms with E-state index in [1.807, 2.05) is 0 Å². The Labute approximate surface area is 117 Å². The zero-order valence-electron chi connectivity index (χ0n) is 1.84. The molecule has 0 aromatic heterocycles. The van der Waals surface area contributed by atoms with Gasteiger partial charge >= 0.3 is 0 Å². The summed E-state index contributed by atoms with van der Waals surface area (Å²) >= 11 is 0. The van der Waals surface area contributed by atoms with Crippen molar-refractivity contribution in [2.24, 2.45) is 0 Å². The normalized spacial score (nSPS) is 0. The van der Waals surface area contributed by atoms with E-state index in [1.54, 1.807) is 0 Å². The van der Waals surface area contributed by atoms with E-state index < -0.39 is 0 Å². The van der Waals surface area contributed by atoms with Crippen LogP contribution in [0.4, 0.5) is 0 Å². The van der Waals surface area contributed by atoms with Crippen LogP contribution in [0.3, 0.4) is 0 Å². The van der Waals surface area contributed by atoms with Gasteiger partial charge in [-0.2, -0.15) is 0 Å². The zero-order valence-corrected chi connectivity index (χ0v) is 8.43. The predicted molar refractivity (Wildman–Crippen MR) is 0 cm³/mol. The standard InChI is InChI=1S/Lu.5Ni. The molecule has 0 aliphatic carbocycles. The number of hydrogen-bond acceptors (Lipinski definition) is 0. The molecule has 0 unspecified atom stereocenters. The summed E-state index contributed by atoms with van der Waals surface area (Å²) in [6.07, 6.45) is 0. The van der Waals surface area contributed by atoms with Crippen molar-refractivity contribution in [3.05, 3.63) is 0 Å². The van der Waals surface area contributed by atoms with E-state index in [2.05, 4.69) is 0 Å². The Morgan fingerprint density at radius 1 is 0.333 bits per heavy atom. The first-order valence-electron chi connectivity index (χ1n) is 0. The van der Waals surface area contributed by atoms with Crippen LogP contribution in [0.15, 0.2) is 0 Å². The SMILES string of the molecule is [Lu].[Ni].[Ni].[Ni].[Ni].[Ni]. The fourth-order valence-electron chi connectivity index (χ4n) is 0. The Bertz CT molecular complexity index is 3.90. The van der Waals surface area contributed by atoms with Crippen LogP contribution in [0, 0.1) is 36.9 Å². The summed E-state index contributed by atoms with van der Waals surface area (Å²) in [5.74, 6) is 0. The Balaban J connectivity index is 0. The van der Waals surface area contributed by atoms with Crippen molar-refractivity contribution in [2.45, 2.75) is 0 Å². The van der Waals surface area contributed by atoms with Crippen molar-refractivity contribution < 1.29 is 119 Å². The maximum atomic E-state index is 0. The largest absolute Gasteiger partial charge is 0 e. The van der Waals surface area contributed by atoms with Crippen molar-refractivity contribution >= 4 is 0 Å². The summed E-state index contributed by atoms with van der Waals surface area (Å²) in [5, 5.41) is 0. The Morgan fingerprint density at radius 3 is 0.333 bits per heavy atom. The van der Waals surface area contributed by atoms with Gasteiger partial charge in [0, 0.05) is 119 Å². The number of hydrogen-bond donors (Lipinski definition) is 0. The first-order valence-corrected chi connectivity index (χ1v) is 0. The minimum atomic E-state index is 0.